The van der Waals surface area contributed by atoms with Gasteiger partial charge in [0.25, 0.3) is 0 Å². The molecule has 3 nitrogen and oxygen atoms in total. The molecule has 1 aromatic rings. The van der Waals surface area contributed by atoms with Gasteiger partial charge in [-0.2, -0.15) is 0 Å². The maximum absolute atomic E-state index is 13.6. The minimum atomic E-state index is -0.818. The molecule has 1 atom stereocenters. The molecule has 0 radical (unpaired) electrons. The SMILES string of the molecule is COC(=O)[C@@H](N)Cc1cc(C)c(C)cc1F. The van der Waals surface area contributed by atoms with Crippen molar-refractivity contribution < 1.29 is 13.9 Å². The summed E-state index contributed by atoms with van der Waals surface area (Å²) in [5.74, 6) is -0.861. The Morgan fingerprint density at radius 1 is 1.44 bits per heavy atom. The first-order valence-corrected chi connectivity index (χ1v) is 5.04. The Morgan fingerprint density at radius 2 is 2.00 bits per heavy atom. The second-order valence-electron chi connectivity index (χ2n) is 3.86. The van der Waals surface area contributed by atoms with Gasteiger partial charge in [-0.05, 0) is 36.6 Å². The van der Waals surface area contributed by atoms with Crippen LogP contribution in [0.4, 0.5) is 4.39 Å². The van der Waals surface area contributed by atoms with Crippen molar-refractivity contribution in [2.45, 2.75) is 26.3 Å². The minimum absolute atomic E-state index is 0.152. The molecule has 16 heavy (non-hydrogen) atoms. The van der Waals surface area contributed by atoms with E-state index in [1.54, 1.807) is 6.07 Å². The smallest absolute Gasteiger partial charge is 0.322 e. The largest absolute Gasteiger partial charge is 0.468 e. The number of aryl methyl sites for hydroxylation is 2. The van der Waals surface area contributed by atoms with E-state index in [0.29, 0.717) is 5.56 Å². The average Bonchev–Trinajstić information content (AvgIpc) is 2.24. The number of carbonyl (C=O) groups excluding carboxylic acids is 1. The number of hydrogen-bond acceptors (Lipinski definition) is 3. The van der Waals surface area contributed by atoms with Crippen molar-refractivity contribution in [3.63, 3.8) is 0 Å². The topological polar surface area (TPSA) is 52.3 Å². The van der Waals surface area contributed by atoms with Crippen LogP contribution in [0.1, 0.15) is 16.7 Å². The van der Waals surface area contributed by atoms with E-state index in [1.165, 1.54) is 13.2 Å². The van der Waals surface area contributed by atoms with E-state index in [9.17, 15) is 9.18 Å². The standard InChI is InChI=1S/C12H16FNO2/c1-7-4-9(10(13)5-8(7)2)6-11(14)12(15)16-3/h4-5,11H,6,14H2,1-3H3/t11-/m0/s1. The highest BCUT2D eigenvalue weighted by Crippen LogP contribution is 2.16. The Labute approximate surface area is 94.4 Å². The third-order valence-corrected chi connectivity index (χ3v) is 2.61. The first kappa shape index (κ1) is 12.6. The molecular weight excluding hydrogens is 209 g/mol. The molecule has 4 heteroatoms. The lowest BCUT2D eigenvalue weighted by molar-refractivity contribution is -0.142. The first-order chi connectivity index (χ1) is 7.45. The third kappa shape index (κ3) is 2.79. The van der Waals surface area contributed by atoms with Gasteiger partial charge in [0, 0.05) is 6.42 Å². The number of methoxy groups -OCH3 is 1. The Kier molecular flexibility index (Phi) is 4.01. The zero-order valence-electron chi connectivity index (χ0n) is 9.71. The van der Waals surface area contributed by atoms with Crippen LogP contribution >= 0.6 is 0 Å². The zero-order chi connectivity index (χ0) is 12.3. The summed E-state index contributed by atoms with van der Waals surface area (Å²) in [5.41, 5.74) is 7.88. The van der Waals surface area contributed by atoms with Crippen LogP contribution in [0.2, 0.25) is 0 Å². The van der Waals surface area contributed by atoms with Crippen molar-refractivity contribution in [1.82, 2.24) is 0 Å². The molecule has 0 aliphatic rings. The second kappa shape index (κ2) is 5.07. The molecule has 0 heterocycles. The molecule has 1 aromatic carbocycles. The van der Waals surface area contributed by atoms with Crippen LogP contribution < -0.4 is 5.73 Å². The quantitative estimate of drug-likeness (QED) is 0.793. The van der Waals surface area contributed by atoms with Gasteiger partial charge in [0.15, 0.2) is 0 Å². The second-order valence-corrected chi connectivity index (χ2v) is 3.86. The van der Waals surface area contributed by atoms with Crippen LogP contribution in [-0.2, 0) is 16.0 Å². The summed E-state index contributed by atoms with van der Waals surface area (Å²) in [6, 6.07) is 2.35. The third-order valence-electron chi connectivity index (χ3n) is 2.61. The molecule has 0 bridgehead atoms. The van der Waals surface area contributed by atoms with Crippen LogP contribution in [0.5, 0.6) is 0 Å². The molecule has 0 fully saturated rings. The van der Waals surface area contributed by atoms with E-state index in [-0.39, 0.29) is 12.2 Å². The fraction of sp³-hybridized carbons (Fsp3) is 0.417. The lowest BCUT2D eigenvalue weighted by Crippen LogP contribution is -2.33. The molecule has 0 aliphatic heterocycles. The van der Waals surface area contributed by atoms with E-state index in [4.69, 9.17) is 5.73 Å². The summed E-state index contributed by atoms with van der Waals surface area (Å²) in [4.78, 5) is 11.1. The van der Waals surface area contributed by atoms with Gasteiger partial charge in [-0.1, -0.05) is 6.07 Å². The number of ether oxygens (including phenoxy) is 1. The summed E-state index contributed by atoms with van der Waals surface area (Å²) in [5, 5.41) is 0. The maximum Gasteiger partial charge on any atom is 0.322 e. The van der Waals surface area contributed by atoms with E-state index in [2.05, 4.69) is 4.74 Å². The van der Waals surface area contributed by atoms with Gasteiger partial charge in [0.1, 0.15) is 11.9 Å². The number of benzene rings is 1. The summed E-state index contributed by atoms with van der Waals surface area (Å²) >= 11 is 0. The minimum Gasteiger partial charge on any atom is -0.468 e. The number of hydrogen-bond donors (Lipinski definition) is 1. The lowest BCUT2D eigenvalue weighted by atomic mass is 10.0. The van der Waals surface area contributed by atoms with Crippen molar-refractivity contribution in [2.24, 2.45) is 5.73 Å². The Morgan fingerprint density at radius 3 is 2.56 bits per heavy atom. The molecule has 1 rings (SSSR count). The van der Waals surface area contributed by atoms with Crippen LogP contribution in [0.3, 0.4) is 0 Å². The van der Waals surface area contributed by atoms with Crippen molar-refractivity contribution in [3.8, 4) is 0 Å². The monoisotopic (exact) mass is 225 g/mol. The normalized spacial score (nSPS) is 12.3. The Balaban J connectivity index is 2.89. The number of carbonyl (C=O) groups is 1. The fourth-order valence-electron chi connectivity index (χ4n) is 1.47. The van der Waals surface area contributed by atoms with Crippen LogP contribution in [0.25, 0.3) is 0 Å². The van der Waals surface area contributed by atoms with Gasteiger partial charge in [-0.3, -0.25) is 4.79 Å². The summed E-state index contributed by atoms with van der Waals surface area (Å²) < 4.78 is 18.0. The molecular formula is C12H16FNO2. The van der Waals surface area contributed by atoms with Gasteiger partial charge in [0.2, 0.25) is 0 Å². The van der Waals surface area contributed by atoms with E-state index < -0.39 is 12.0 Å². The number of rotatable bonds is 3. The Hall–Kier alpha value is -1.42. The van der Waals surface area contributed by atoms with Crippen molar-refractivity contribution >= 4 is 5.97 Å². The molecule has 0 aromatic heterocycles. The molecule has 0 spiro atoms. The van der Waals surface area contributed by atoms with Gasteiger partial charge in [-0.15, -0.1) is 0 Å². The van der Waals surface area contributed by atoms with Crippen molar-refractivity contribution in [2.75, 3.05) is 7.11 Å². The number of nitrogens with two attached hydrogens (primary N) is 1. The predicted octanol–water partition coefficient (Wildman–Crippen LogP) is 1.49. The van der Waals surface area contributed by atoms with E-state index >= 15 is 0 Å². The van der Waals surface area contributed by atoms with Gasteiger partial charge >= 0.3 is 5.97 Å². The highest BCUT2D eigenvalue weighted by Gasteiger charge is 2.16. The molecule has 0 saturated heterocycles. The van der Waals surface area contributed by atoms with Gasteiger partial charge in [0.05, 0.1) is 7.11 Å². The highest BCUT2D eigenvalue weighted by molar-refractivity contribution is 5.75. The van der Waals surface area contributed by atoms with Gasteiger partial charge in [-0.25, -0.2) is 4.39 Å². The maximum atomic E-state index is 13.6. The van der Waals surface area contributed by atoms with Crippen LogP contribution in [0.15, 0.2) is 12.1 Å². The predicted molar refractivity (Wildman–Crippen MR) is 59.6 cm³/mol. The van der Waals surface area contributed by atoms with Crippen LogP contribution in [0, 0.1) is 19.7 Å². The van der Waals surface area contributed by atoms with Crippen molar-refractivity contribution in [3.05, 3.63) is 34.6 Å². The van der Waals surface area contributed by atoms with E-state index in [1.807, 2.05) is 13.8 Å². The summed E-state index contributed by atoms with van der Waals surface area (Å²) in [6.07, 6.45) is 0.152. The Bertz CT molecular complexity index is 404. The fourth-order valence-corrected chi connectivity index (χ4v) is 1.47. The molecule has 0 aliphatic carbocycles. The number of halogens is 1. The highest BCUT2D eigenvalue weighted by atomic mass is 19.1. The molecule has 0 saturated carbocycles. The summed E-state index contributed by atoms with van der Waals surface area (Å²) in [7, 11) is 1.26. The number of esters is 1. The van der Waals surface area contributed by atoms with E-state index in [0.717, 1.165) is 11.1 Å². The molecule has 0 unspecified atom stereocenters. The lowest BCUT2D eigenvalue weighted by Gasteiger charge is -2.11. The van der Waals surface area contributed by atoms with Gasteiger partial charge < -0.3 is 10.5 Å². The zero-order valence-corrected chi connectivity index (χ0v) is 9.71. The molecule has 2 N–H and O–H groups in total. The molecule has 0 amide bonds. The molecule has 88 valence electrons. The van der Waals surface area contributed by atoms with Crippen LogP contribution in [-0.4, -0.2) is 19.1 Å². The average molecular weight is 225 g/mol. The van der Waals surface area contributed by atoms with Crippen molar-refractivity contribution in [1.29, 1.82) is 0 Å². The summed E-state index contributed by atoms with van der Waals surface area (Å²) in [6.45, 7) is 3.73. The first-order valence-electron chi connectivity index (χ1n) is 5.04.